The van der Waals surface area contributed by atoms with Crippen molar-refractivity contribution in [2.75, 3.05) is 0 Å². The lowest BCUT2D eigenvalue weighted by atomic mass is 9.69. The Morgan fingerprint density at radius 3 is 1.71 bits per heavy atom. The zero-order valence-electron chi connectivity index (χ0n) is 30.4. The highest BCUT2D eigenvalue weighted by atomic mass is 16.3. The first-order chi connectivity index (χ1) is 27.8. The lowest BCUT2D eigenvalue weighted by Crippen LogP contribution is -2.26. The van der Waals surface area contributed by atoms with Crippen molar-refractivity contribution in [2.45, 2.75) is 5.41 Å². The fourth-order valence-electron chi connectivity index (χ4n) is 10.5. The number of benzene rings is 10. The van der Waals surface area contributed by atoms with Crippen LogP contribution in [0.4, 0.5) is 0 Å². The van der Waals surface area contributed by atoms with Gasteiger partial charge in [-0.05, 0) is 135 Å². The van der Waals surface area contributed by atoms with Crippen LogP contribution in [0.3, 0.4) is 0 Å². The minimum atomic E-state index is -0.525. The molecule has 0 saturated carbocycles. The summed E-state index contributed by atoms with van der Waals surface area (Å²) in [6.07, 6.45) is 0. The highest BCUT2D eigenvalue weighted by Gasteiger charge is 2.53. The first kappa shape index (κ1) is 30.1. The number of rotatable bonds is 2. The zero-order valence-corrected chi connectivity index (χ0v) is 30.4. The molecule has 1 heteroatoms. The summed E-state index contributed by atoms with van der Waals surface area (Å²) in [6, 6.07) is 72.2. The van der Waals surface area contributed by atoms with Crippen LogP contribution in [0.1, 0.15) is 22.3 Å². The van der Waals surface area contributed by atoms with E-state index in [0.29, 0.717) is 0 Å². The van der Waals surface area contributed by atoms with Gasteiger partial charge in [0.2, 0.25) is 0 Å². The van der Waals surface area contributed by atoms with E-state index in [0.717, 1.165) is 21.9 Å². The van der Waals surface area contributed by atoms with Crippen molar-refractivity contribution in [3.05, 3.63) is 216 Å². The lowest BCUT2D eigenvalue weighted by Gasteiger charge is -2.32. The van der Waals surface area contributed by atoms with Crippen LogP contribution in [0, 0.1) is 0 Å². The van der Waals surface area contributed by atoms with Gasteiger partial charge in [0.1, 0.15) is 11.2 Å². The van der Waals surface area contributed by atoms with E-state index in [-0.39, 0.29) is 0 Å². The largest absolute Gasteiger partial charge is 0.456 e. The Bertz CT molecular complexity index is 3440. The molecular formula is C55H32O. The summed E-state index contributed by atoms with van der Waals surface area (Å²) in [4.78, 5) is 0. The third-order valence-electron chi connectivity index (χ3n) is 12.8. The fourth-order valence-corrected chi connectivity index (χ4v) is 10.5. The van der Waals surface area contributed by atoms with Crippen LogP contribution in [0.15, 0.2) is 199 Å². The molecule has 1 heterocycles. The van der Waals surface area contributed by atoms with Crippen molar-refractivity contribution in [1.29, 1.82) is 0 Å². The highest BCUT2D eigenvalue weighted by molar-refractivity contribution is 6.16. The first-order valence-electron chi connectivity index (χ1n) is 19.5. The monoisotopic (exact) mass is 708 g/mol. The second kappa shape index (κ2) is 10.9. The molecule has 11 aromatic rings. The van der Waals surface area contributed by atoms with Gasteiger partial charge in [0.15, 0.2) is 0 Å². The molecule has 0 fully saturated rings. The standard InChI is InChI=1S/C55H32O/c1-2-13-34-28-38(25-24-33(34)12-1)45-30-37-16-5-6-17-41(37)54-53(45)44-27-26-39(31-49(44)55(54)47-21-9-7-18-42(47)43-19-8-10-22-48(43)55)40-20-11-23-50-52(40)46-29-35-14-3-4-15-36(35)32-51(46)56-50/h1-32H. The van der Waals surface area contributed by atoms with Gasteiger partial charge in [-0.25, -0.2) is 0 Å². The average molecular weight is 709 g/mol. The molecule has 1 aromatic heterocycles. The molecular weight excluding hydrogens is 677 g/mol. The van der Waals surface area contributed by atoms with Gasteiger partial charge >= 0.3 is 0 Å². The predicted molar refractivity (Wildman–Crippen MR) is 233 cm³/mol. The molecule has 0 radical (unpaired) electrons. The number of hydrogen-bond donors (Lipinski definition) is 0. The second-order valence-electron chi connectivity index (χ2n) is 15.5. The van der Waals surface area contributed by atoms with E-state index in [2.05, 4.69) is 194 Å². The molecule has 2 aliphatic carbocycles. The molecule has 0 bridgehead atoms. The van der Waals surface area contributed by atoms with E-state index in [1.165, 1.54) is 99.1 Å². The Morgan fingerprint density at radius 2 is 0.929 bits per heavy atom. The molecule has 0 amide bonds. The van der Waals surface area contributed by atoms with Crippen LogP contribution in [0.5, 0.6) is 0 Å². The normalized spacial score (nSPS) is 13.5. The maximum atomic E-state index is 6.60. The second-order valence-corrected chi connectivity index (χ2v) is 15.5. The van der Waals surface area contributed by atoms with Crippen LogP contribution >= 0.6 is 0 Å². The van der Waals surface area contributed by atoms with Crippen molar-refractivity contribution in [2.24, 2.45) is 0 Å². The highest BCUT2D eigenvalue weighted by Crippen LogP contribution is 2.66. The number of furan rings is 1. The van der Waals surface area contributed by atoms with Crippen molar-refractivity contribution >= 4 is 54.3 Å². The number of hydrogen-bond acceptors (Lipinski definition) is 1. The maximum absolute atomic E-state index is 6.60. The van der Waals surface area contributed by atoms with E-state index in [1.54, 1.807) is 0 Å². The Kier molecular flexibility index (Phi) is 5.89. The maximum Gasteiger partial charge on any atom is 0.136 e. The lowest BCUT2D eigenvalue weighted by molar-refractivity contribution is 0.669. The van der Waals surface area contributed by atoms with E-state index in [4.69, 9.17) is 4.42 Å². The Labute approximate surface area is 323 Å². The van der Waals surface area contributed by atoms with Crippen LogP contribution in [0.25, 0.3) is 98.8 Å². The van der Waals surface area contributed by atoms with Crippen molar-refractivity contribution in [3.63, 3.8) is 0 Å². The van der Waals surface area contributed by atoms with Gasteiger partial charge in [-0.2, -0.15) is 0 Å². The Balaban J connectivity index is 1.18. The fraction of sp³-hybridized carbons (Fsp3) is 0.0182. The molecule has 56 heavy (non-hydrogen) atoms. The summed E-state index contributed by atoms with van der Waals surface area (Å²) in [6.45, 7) is 0. The first-order valence-corrected chi connectivity index (χ1v) is 19.5. The Hall–Kier alpha value is -7.22. The molecule has 13 rings (SSSR count). The van der Waals surface area contributed by atoms with Gasteiger partial charge < -0.3 is 4.42 Å². The third-order valence-corrected chi connectivity index (χ3v) is 12.8. The molecule has 258 valence electrons. The quantitative estimate of drug-likeness (QED) is 0.174. The van der Waals surface area contributed by atoms with Gasteiger partial charge in [0, 0.05) is 10.8 Å². The van der Waals surface area contributed by atoms with Crippen LogP contribution in [-0.4, -0.2) is 0 Å². The summed E-state index contributed by atoms with van der Waals surface area (Å²) in [7, 11) is 0. The minimum Gasteiger partial charge on any atom is -0.456 e. The summed E-state index contributed by atoms with van der Waals surface area (Å²) < 4.78 is 6.60. The van der Waals surface area contributed by atoms with Gasteiger partial charge in [-0.1, -0.05) is 158 Å². The molecule has 0 aliphatic heterocycles. The Morgan fingerprint density at radius 1 is 0.321 bits per heavy atom. The SMILES string of the molecule is c1ccc2c(c1)-c1ccccc1C21c2cc(-c3cccc4oc5cc6ccccc6cc5c34)ccc2-c2c(-c3ccc4ccccc4c3)cc3ccccc3c21. The molecule has 1 nitrogen and oxygen atoms in total. The van der Waals surface area contributed by atoms with Crippen molar-refractivity contribution < 1.29 is 4.42 Å². The van der Waals surface area contributed by atoms with Gasteiger partial charge in [0.25, 0.3) is 0 Å². The smallest absolute Gasteiger partial charge is 0.136 e. The van der Waals surface area contributed by atoms with E-state index >= 15 is 0 Å². The minimum absolute atomic E-state index is 0.525. The van der Waals surface area contributed by atoms with E-state index < -0.39 is 5.41 Å². The summed E-state index contributed by atoms with van der Waals surface area (Å²) in [5, 5.41) is 9.76. The zero-order chi connectivity index (χ0) is 36.5. The van der Waals surface area contributed by atoms with Crippen molar-refractivity contribution in [1.82, 2.24) is 0 Å². The molecule has 0 N–H and O–H groups in total. The molecule has 2 aliphatic rings. The average Bonchev–Trinajstić information content (AvgIpc) is 3.89. The van der Waals surface area contributed by atoms with Crippen LogP contribution in [-0.2, 0) is 5.41 Å². The summed E-state index contributed by atoms with van der Waals surface area (Å²) in [5.74, 6) is 0. The van der Waals surface area contributed by atoms with E-state index in [9.17, 15) is 0 Å². The number of fused-ring (bicyclic) bond motifs is 17. The van der Waals surface area contributed by atoms with Crippen LogP contribution < -0.4 is 0 Å². The predicted octanol–water partition coefficient (Wildman–Crippen LogP) is 14.7. The summed E-state index contributed by atoms with van der Waals surface area (Å²) in [5.41, 5.74) is 16.8. The van der Waals surface area contributed by atoms with E-state index in [1.807, 2.05) is 0 Å². The van der Waals surface area contributed by atoms with Crippen LogP contribution in [0.2, 0.25) is 0 Å². The third kappa shape index (κ3) is 3.84. The molecule has 0 saturated heterocycles. The van der Waals surface area contributed by atoms with Crippen molar-refractivity contribution in [3.8, 4) is 44.5 Å². The topological polar surface area (TPSA) is 13.1 Å². The van der Waals surface area contributed by atoms with Gasteiger partial charge in [-0.15, -0.1) is 0 Å². The van der Waals surface area contributed by atoms with Gasteiger partial charge in [-0.3, -0.25) is 0 Å². The molecule has 1 spiro atoms. The molecule has 10 aromatic carbocycles. The van der Waals surface area contributed by atoms with Gasteiger partial charge in [0.05, 0.1) is 5.41 Å². The molecule has 0 atom stereocenters. The summed E-state index contributed by atoms with van der Waals surface area (Å²) >= 11 is 0. The molecule has 0 unspecified atom stereocenters.